The monoisotopic (exact) mass is 513 g/mol. The zero-order valence-electron chi connectivity index (χ0n) is 20.8. The second kappa shape index (κ2) is 12.5. The van der Waals surface area contributed by atoms with Crippen LogP contribution in [0.3, 0.4) is 0 Å². The summed E-state index contributed by atoms with van der Waals surface area (Å²) >= 11 is 0. The quantitative estimate of drug-likeness (QED) is 0.139. The van der Waals surface area contributed by atoms with E-state index in [0.29, 0.717) is 41.7 Å². The molecule has 1 fully saturated rings. The fraction of sp³-hybridized carbons (Fsp3) is 0.179. The van der Waals surface area contributed by atoms with Gasteiger partial charge in [0.15, 0.2) is 0 Å². The smallest absolute Gasteiger partial charge is 0.329 e. The molecule has 1 aliphatic heterocycles. The van der Waals surface area contributed by atoms with Crippen molar-refractivity contribution in [1.29, 1.82) is 0 Å². The Bertz CT molecular complexity index is 1410. The van der Waals surface area contributed by atoms with E-state index in [4.69, 9.17) is 14.9 Å². The molecule has 1 saturated heterocycles. The number of carbonyl (C=O) groups excluding carboxylic acids is 3. The molecular formula is C28H27N5O5. The minimum absolute atomic E-state index is 0.0322. The molecule has 10 heteroatoms. The van der Waals surface area contributed by atoms with Crippen LogP contribution in [-0.2, 0) is 9.59 Å². The first-order valence-corrected chi connectivity index (χ1v) is 12.0. The number of aromatic nitrogens is 2. The number of nitrogens with one attached hydrogen (secondary N) is 2. The molecule has 5 rings (SSSR count). The van der Waals surface area contributed by atoms with Gasteiger partial charge in [-0.05, 0) is 41.8 Å². The second-order valence-electron chi connectivity index (χ2n) is 8.29. The van der Waals surface area contributed by atoms with Crippen LogP contribution in [0.1, 0.15) is 12.8 Å². The summed E-state index contributed by atoms with van der Waals surface area (Å²) in [6.45, 7) is 0.476. The lowest BCUT2D eigenvalue weighted by atomic mass is 10.0. The molecule has 0 atom stereocenters. The molecule has 3 N–H and O–H groups in total. The summed E-state index contributed by atoms with van der Waals surface area (Å²) in [5, 5.41) is 10.5. The maximum atomic E-state index is 12.4. The highest BCUT2D eigenvalue weighted by molar-refractivity contribution is 6.23. The van der Waals surface area contributed by atoms with E-state index in [9.17, 15) is 14.4 Å². The fourth-order valence-electron chi connectivity index (χ4n) is 3.98. The van der Waals surface area contributed by atoms with Crippen molar-refractivity contribution in [3.05, 3.63) is 73.1 Å². The van der Waals surface area contributed by atoms with Gasteiger partial charge in [0.25, 0.3) is 5.91 Å². The number of imide groups is 1. The maximum absolute atomic E-state index is 12.4. The number of anilines is 1. The first kappa shape index (κ1) is 26.4. The molecule has 3 heterocycles. The predicted octanol–water partition coefficient (Wildman–Crippen LogP) is 3.97. The van der Waals surface area contributed by atoms with Crippen molar-refractivity contribution in [2.75, 3.05) is 25.1 Å². The number of nitrogens with zero attached hydrogens (tertiary/aromatic N) is 3. The van der Waals surface area contributed by atoms with Gasteiger partial charge in [-0.15, -0.1) is 0 Å². The summed E-state index contributed by atoms with van der Waals surface area (Å²) in [5.41, 5.74) is 6.43. The van der Waals surface area contributed by atoms with E-state index < -0.39 is 6.03 Å². The Morgan fingerprint density at radius 1 is 1.05 bits per heavy atom. The van der Waals surface area contributed by atoms with Crippen molar-refractivity contribution in [3.8, 4) is 28.1 Å². The third kappa shape index (κ3) is 6.00. The first-order valence-electron chi connectivity index (χ1n) is 12.0. The van der Waals surface area contributed by atoms with Gasteiger partial charge in [-0.3, -0.25) is 9.78 Å². The molecule has 3 amide bonds. The number of hydrogen-bond donors (Lipinski definition) is 3. The number of unbranched alkanes of at least 4 members (excludes halogenated alkanes) is 1. The molecule has 2 aromatic carbocycles. The topological polar surface area (TPSA) is 134 Å². The number of hydrogen-bond acceptors (Lipinski definition) is 8. The number of amides is 3. The minimum Gasteiger partial charge on any atom is -0.494 e. The Balaban J connectivity index is 0.00000107. The molecule has 38 heavy (non-hydrogen) atoms. The molecule has 0 unspecified atom stereocenters. The number of carbonyl (C=O) groups is 3. The molecule has 0 bridgehead atoms. The molecule has 0 saturated carbocycles. The van der Waals surface area contributed by atoms with E-state index in [1.807, 2.05) is 48.5 Å². The number of ether oxygens (including phenoxy) is 1. The first-order chi connectivity index (χ1) is 18.5. The number of benzene rings is 2. The number of hydroxylamine groups is 1. The lowest BCUT2D eigenvalue weighted by molar-refractivity contribution is -0.115. The fourth-order valence-corrected chi connectivity index (χ4v) is 3.98. The van der Waals surface area contributed by atoms with Gasteiger partial charge in [0.1, 0.15) is 12.0 Å². The van der Waals surface area contributed by atoms with Crippen molar-refractivity contribution in [2.24, 2.45) is 0 Å². The SMILES string of the molecule is CNO.O=CCCCOc1ccc(-c2ccc(-c3cc(N4C(=O)CNC4=O)c4cnccc4n3)cc2)cc1. The highest BCUT2D eigenvalue weighted by Gasteiger charge is 2.31. The Kier molecular flexibility index (Phi) is 8.70. The van der Waals surface area contributed by atoms with Crippen molar-refractivity contribution < 1.29 is 24.3 Å². The number of aldehydes is 1. The van der Waals surface area contributed by atoms with Gasteiger partial charge in [0.2, 0.25) is 0 Å². The molecule has 0 radical (unpaired) electrons. The summed E-state index contributed by atoms with van der Waals surface area (Å²) < 4.78 is 5.65. The number of pyridine rings is 2. The molecule has 194 valence electrons. The molecule has 2 aromatic heterocycles. The van der Waals surface area contributed by atoms with Gasteiger partial charge < -0.3 is 20.1 Å². The molecular weight excluding hydrogens is 486 g/mol. The average molecular weight is 514 g/mol. The highest BCUT2D eigenvalue weighted by Crippen LogP contribution is 2.32. The zero-order chi connectivity index (χ0) is 26.9. The van der Waals surface area contributed by atoms with Gasteiger partial charge >= 0.3 is 6.03 Å². The van der Waals surface area contributed by atoms with Gasteiger partial charge in [0.05, 0.1) is 30.0 Å². The van der Waals surface area contributed by atoms with Crippen LogP contribution in [0.4, 0.5) is 10.5 Å². The maximum Gasteiger partial charge on any atom is 0.329 e. The number of fused-ring (bicyclic) bond motifs is 1. The van der Waals surface area contributed by atoms with Gasteiger partial charge in [-0.1, -0.05) is 36.4 Å². The highest BCUT2D eigenvalue weighted by atomic mass is 16.5. The zero-order valence-corrected chi connectivity index (χ0v) is 20.8. The van der Waals surface area contributed by atoms with Gasteiger partial charge in [-0.2, -0.15) is 0 Å². The third-order valence-corrected chi connectivity index (χ3v) is 5.78. The Hall–Kier alpha value is -4.67. The minimum atomic E-state index is -0.455. The van der Waals surface area contributed by atoms with Crippen LogP contribution in [0.15, 0.2) is 73.1 Å². The van der Waals surface area contributed by atoms with Crippen LogP contribution in [0, 0.1) is 0 Å². The molecule has 0 spiro atoms. The van der Waals surface area contributed by atoms with Crippen molar-refractivity contribution in [2.45, 2.75) is 12.8 Å². The van der Waals surface area contributed by atoms with E-state index in [2.05, 4.69) is 10.3 Å². The van der Waals surface area contributed by atoms with E-state index in [1.165, 1.54) is 7.05 Å². The van der Waals surface area contributed by atoms with E-state index in [1.54, 1.807) is 30.0 Å². The molecule has 4 aromatic rings. The average Bonchev–Trinajstić information content (AvgIpc) is 3.28. The third-order valence-electron chi connectivity index (χ3n) is 5.78. The molecule has 1 aliphatic rings. The Morgan fingerprint density at radius 3 is 2.34 bits per heavy atom. The van der Waals surface area contributed by atoms with Crippen LogP contribution in [0.2, 0.25) is 0 Å². The largest absolute Gasteiger partial charge is 0.494 e. The van der Waals surface area contributed by atoms with E-state index >= 15 is 0 Å². The van der Waals surface area contributed by atoms with E-state index in [-0.39, 0.29) is 12.5 Å². The van der Waals surface area contributed by atoms with Crippen molar-refractivity contribution >= 4 is 34.8 Å². The lowest BCUT2D eigenvalue weighted by Crippen LogP contribution is -2.31. The summed E-state index contributed by atoms with van der Waals surface area (Å²) in [7, 11) is 1.43. The van der Waals surface area contributed by atoms with Crippen LogP contribution in [0.25, 0.3) is 33.3 Å². The van der Waals surface area contributed by atoms with Crippen LogP contribution < -0.4 is 20.4 Å². The lowest BCUT2D eigenvalue weighted by Gasteiger charge is -2.16. The summed E-state index contributed by atoms with van der Waals surface area (Å²) in [5.74, 6) is 0.447. The van der Waals surface area contributed by atoms with Crippen molar-refractivity contribution in [1.82, 2.24) is 20.8 Å². The summed E-state index contributed by atoms with van der Waals surface area (Å²) in [4.78, 5) is 45.1. The number of rotatable bonds is 8. The predicted molar refractivity (Wildman–Crippen MR) is 143 cm³/mol. The Morgan fingerprint density at radius 2 is 1.71 bits per heavy atom. The van der Waals surface area contributed by atoms with Crippen molar-refractivity contribution in [3.63, 3.8) is 0 Å². The normalized spacial score (nSPS) is 12.6. The molecule has 10 nitrogen and oxygen atoms in total. The van der Waals surface area contributed by atoms with Crippen LogP contribution >= 0.6 is 0 Å². The van der Waals surface area contributed by atoms with Crippen LogP contribution in [-0.4, -0.2) is 53.6 Å². The van der Waals surface area contributed by atoms with E-state index in [0.717, 1.165) is 33.6 Å². The van der Waals surface area contributed by atoms with Crippen LogP contribution in [0.5, 0.6) is 5.75 Å². The van der Waals surface area contributed by atoms with Gasteiger partial charge in [-0.25, -0.2) is 20.2 Å². The standard InChI is InChI=1S/C27H22N4O4.CH5NO/c32-13-1-2-14-35-21-9-7-19(8-10-21)18-3-5-20(6-4-18)24-15-25(31-26(33)17-29-27(31)34)22-16-28-12-11-23(22)30-24;1-2-3/h3-13,15-16H,1-2,14,17H2,(H,29,34);2-3H,1H3. The van der Waals surface area contributed by atoms with Gasteiger partial charge in [0, 0.05) is 36.8 Å². The Labute approximate surface area is 219 Å². The summed E-state index contributed by atoms with van der Waals surface area (Å²) in [6.07, 6.45) is 5.33. The second-order valence-corrected chi connectivity index (χ2v) is 8.29. The molecule has 0 aliphatic carbocycles. The summed E-state index contributed by atoms with van der Waals surface area (Å²) in [6, 6.07) is 18.8. The number of urea groups is 1.